The number of ketones is 2. The van der Waals surface area contributed by atoms with Crippen molar-refractivity contribution in [3.05, 3.63) is 23.3 Å². The number of allylic oxidation sites excluding steroid dienone is 3. The Balaban J connectivity index is 1.65. The van der Waals surface area contributed by atoms with E-state index in [0.29, 0.717) is 44.9 Å². The number of alkyl halides is 3. The lowest BCUT2D eigenvalue weighted by atomic mass is 9.34. The molecule has 2 N–H and O–H groups in total. The second kappa shape index (κ2) is 8.78. The van der Waals surface area contributed by atoms with Gasteiger partial charge in [0.2, 0.25) is 11.7 Å². The minimum atomic E-state index is -4.53. The lowest BCUT2D eigenvalue weighted by Crippen LogP contribution is -2.67. The number of aliphatic hydroxyl groups is 1. The molecule has 0 bridgehead atoms. The van der Waals surface area contributed by atoms with Crippen LogP contribution in [0.5, 0.6) is 0 Å². The summed E-state index contributed by atoms with van der Waals surface area (Å²) >= 11 is 0. The van der Waals surface area contributed by atoms with Crippen LogP contribution >= 0.6 is 0 Å². The summed E-state index contributed by atoms with van der Waals surface area (Å²) in [5, 5.41) is 23.3. The lowest BCUT2D eigenvalue weighted by molar-refractivity contribution is -0.183. The summed E-state index contributed by atoms with van der Waals surface area (Å²) < 4.78 is 39.4. The molecule has 8 atom stereocenters. The zero-order chi connectivity index (χ0) is 30.6. The summed E-state index contributed by atoms with van der Waals surface area (Å²) in [6.07, 6.45) is 2.39. The lowest BCUT2D eigenvalue weighted by Gasteiger charge is -2.68. The summed E-state index contributed by atoms with van der Waals surface area (Å²) in [5.41, 5.74) is -4.39. The van der Waals surface area contributed by atoms with Crippen LogP contribution in [0, 0.1) is 56.2 Å². The normalized spacial score (nSPS) is 45.1. The van der Waals surface area contributed by atoms with Crippen LogP contribution in [0.2, 0.25) is 0 Å². The molecule has 9 heteroatoms. The van der Waals surface area contributed by atoms with Gasteiger partial charge in [-0.3, -0.25) is 14.4 Å². The predicted octanol–water partition coefficient (Wildman–Crippen LogP) is 5.61. The Bertz CT molecular complexity index is 1320. The monoisotopic (exact) mass is 574 g/mol. The molecule has 0 radical (unpaired) electrons. The molecule has 0 aromatic rings. The number of Topliss-reactive ketones (excluding diaryl/α,β-unsaturated/α-hetero) is 1. The number of carbonyl (C=O) groups excluding carboxylic acids is 3. The highest BCUT2D eigenvalue weighted by Gasteiger charge is 2.71. The van der Waals surface area contributed by atoms with E-state index in [1.54, 1.807) is 12.2 Å². The van der Waals surface area contributed by atoms with Crippen LogP contribution in [0.3, 0.4) is 0 Å². The summed E-state index contributed by atoms with van der Waals surface area (Å²) in [7, 11) is 0. The molecular weight excluding hydrogens is 533 g/mol. The molecule has 5 aliphatic rings. The van der Waals surface area contributed by atoms with Crippen LogP contribution < -0.4 is 5.32 Å². The van der Waals surface area contributed by atoms with Crippen LogP contribution in [-0.4, -0.2) is 40.9 Å². The molecular formula is C32H41F3N2O4. The van der Waals surface area contributed by atoms with Gasteiger partial charge in [-0.15, -0.1) is 0 Å². The van der Waals surface area contributed by atoms with E-state index >= 15 is 0 Å². The van der Waals surface area contributed by atoms with Gasteiger partial charge < -0.3 is 10.4 Å². The van der Waals surface area contributed by atoms with Crippen molar-refractivity contribution in [1.82, 2.24) is 5.32 Å². The number of halogens is 3. The van der Waals surface area contributed by atoms with E-state index in [2.05, 4.69) is 33.0 Å². The van der Waals surface area contributed by atoms with E-state index in [1.165, 1.54) is 6.92 Å². The summed E-state index contributed by atoms with van der Waals surface area (Å²) in [4.78, 5) is 41.0. The molecule has 0 aromatic carbocycles. The van der Waals surface area contributed by atoms with Gasteiger partial charge in [-0.2, -0.15) is 18.4 Å². The third-order valence-corrected chi connectivity index (χ3v) is 12.4. The van der Waals surface area contributed by atoms with E-state index in [1.807, 2.05) is 13.0 Å². The number of hydrogen-bond acceptors (Lipinski definition) is 5. The molecule has 5 aliphatic carbocycles. The highest BCUT2D eigenvalue weighted by molar-refractivity contribution is 6.06. The number of amides is 1. The first-order valence-corrected chi connectivity index (χ1v) is 14.7. The average Bonchev–Trinajstić information content (AvgIpc) is 2.85. The van der Waals surface area contributed by atoms with Crippen molar-refractivity contribution in [3.8, 4) is 6.07 Å². The van der Waals surface area contributed by atoms with E-state index < -0.39 is 69.4 Å². The van der Waals surface area contributed by atoms with Crippen molar-refractivity contribution in [3.63, 3.8) is 0 Å². The SMILES string of the molecule is CC1(C)CC[C@]2(C(=O)NCC(F)(F)F)CC[C@]3(C)C(C(=O)C=C4[C@@]5(C)C=C(C#N)C(=O)[C@@](C)(O)C5CC[C@]43C)C2C1. The average molecular weight is 575 g/mol. The molecule has 0 saturated heterocycles. The van der Waals surface area contributed by atoms with Gasteiger partial charge in [0, 0.05) is 17.3 Å². The van der Waals surface area contributed by atoms with Crippen LogP contribution in [0.1, 0.15) is 86.5 Å². The molecule has 41 heavy (non-hydrogen) atoms. The quantitative estimate of drug-likeness (QED) is 0.446. The van der Waals surface area contributed by atoms with Crippen LogP contribution in [0.15, 0.2) is 23.3 Å². The molecule has 224 valence electrons. The number of fused-ring (bicyclic) bond motifs is 7. The van der Waals surface area contributed by atoms with Gasteiger partial charge in [0.25, 0.3) is 0 Å². The third kappa shape index (κ3) is 4.02. The van der Waals surface area contributed by atoms with Crippen LogP contribution in [-0.2, 0) is 14.4 Å². The van der Waals surface area contributed by atoms with Crippen LogP contribution in [0.4, 0.5) is 13.2 Å². The molecule has 0 heterocycles. The Hall–Kier alpha value is -2.47. The Kier molecular flexibility index (Phi) is 6.42. The van der Waals surface area contributed by atoms with Crippen molar-refractivity contribution < 1.29 is 32.7 Å². The minimum Gasteiger partial charge on any atom is -0.382 e. The number of rotatable bonds is 2. The van der Waals surface area contributed by atoms with Crippen molar-refractivity contribution in [2.75, 3.05) is 6.54 Å². The molecule has 3 saturated carbocycles. The first kappa shape index (κ1) is 30.0. The fraction of sp³-hybridized carbons (Fsp3) is 0.750. The van der Waals surface area contributed by atoms with Gasteiger partial charge in [0.1, 0.15) is 18.2 Å². The van der Waals surface area contributed by atoms with Crippen molar-refractivity contribution in [2.24, 2.45) is 44.8 Å². The summed E-state index contributed by atoms with van der Waals surface area (Å²) in [5.74, 6) is -2.87. The summed E-state index contributed by atoms with van der Waals surface area (Å²) in [6.45, 7) is 10.4. The van der Waals surface area contributed by atoms with E-state index in [0.717, 1.165) is 5.57 Å². The van der Waals surface area contributed by atoms with Gasteiger partial charge in [0.05, 0.1) is 11.0 Å². The Labute approximate surface area is 239 Å². The number of nitrogens with one attached hydrogen (secondary N) is 1. The Morgan fingerprint density at radius 3 is 2.32 bits per heavy atom. The van der Waals surface area contributed by atoms with Gasteiger partial charge in [-0.25, -0.2) is 0 Å². The van der Waals surface area contributed by atoms with Gasteiger partial charge in [-0.1, -0.05) is 46.3 Å². The Morgan fingerprint density at radius 2 is 1.71 bits per heavy atom. The number of carbonyl (C=O) groups is 3. The topological polar surface area (TPSA) is 107 Å². The maximum absolute atomic E-state index is 14.4. The number of hydrogen-bond donors (Lipinski definition) is 2. The first-order valence-electron chi connectivity index (χ1n) is 14.7. The zero-order valence-corrected chi connectivity index (χ0v) is 24.8. The summed E-state index contributed by atoms with van der Waals surface area (Å²) in [6, 6.07) is 1.95. The molecule has 0 aromatic heterocycles. The van der Waals surface area contributed by atoms with E-state index in [-0.39, 0.29) is 16.8 Å². The largest absolute Gasteiger partial charge is 0.405 e. The maximum atomic E-state index is 14.4. The van der Waals surface area contributed by atoms with E-state index in [4.69, 9.17) is 0 Å². The fourth-order valence-corrected chi connectivity index (χ4v) is 10.1. The number of nitriles is 1. The second-order valence-electron chi connectivity index (χ2n) is 15.1. The molecule has 3 unspecified atom stereocenters. The van der Waals surface area contributed by atoms with Gasteiger partial charge in [-0.05, 0) is 80.1 Å². The molecule has 6 nitrogen and oxygen atoms in total. The number of nitrogens with zero attached hydrogens (tertiary/aromatic N) is 1. The van der Waals surface area contributed by atoms with Gasteiger partial charge >= 0.3 is 6.18 Å². The highest BCUT2D eigenvalue weighted by atomic mass is 19.4. The second-order valence-corrected chi connectivity index (χ2v) is 15.1. The van der Waals surface area contributed by atoms with Crippen molar-refractivity contribution in [1.29, 1.82) is 5.26 Å². The van der Waals surface area contributed by atoms with Crippen LogP contribution in [0.25, 0.3) is 0 Å². The smallest absolute Gasteiger partial charge is 0.382 e. The van der Waals surface area contributed by atoms with Crippen molar-refractivity contribution in [2.45, 2.75) is 98.3 Å². The molecule has 0 aliphatic heterocycles. The standard InChI is InChI=1S/C32H41F3N2O4/c1-26(2)9-11-31(25(40)37-17-32(33,34)35)12-10-29(5)23(19(31)15-26)20(38)13-22-27(3)14-18(16-36)24(39)30(6,41)21(27)7-8-28(22,29)4/h13-14,19,21,23,41H,7-12,15,17H2,1-6H3,(H,37,40)/t19?,21?,23?,27-,28+,29+,30-,31-/m0/s1. The highest BCUT2D eigenvalue weighted by Crippen LogP contribution is 2.74. The molecule has 3 fully saturated rings. The zero-order valence-electron chi connectivity index (χ0n) is 24.8. The molecule has 0 spiro atoms. The predicted molar refractivity (Wildman–Crippen MR) is 145 cm³/mol. The molecule has 1 amide bonds. The minimum absolute atomic E-state index is 0.114. The van der Waals surface area contributed by atoms with Gasteiger partial charge in [0.15, 0.2) is 5.78 Å². The maximum Gasteiger partial charge on any atom is 0.405 e. The molecule has 5 rings (SSSR count). The van der Waals surface area contributed by atoms with Crippen molar-refractivity contribution >= 4 is 17.5 Å². The van der Waals surface area contributed by atoms with E-state index in [9.17, 15) is 37.9 Å². The fourth-order valence-electron chi connectivity index (χ4n) is 10.1. The first-order chi connectivity index (χ1) is 18.7. The Morgan fingerprint density at radius 1 is 1.07 bits per heavy atom. The third-order valence-electron chi connectivity index (χ3n) is 12.4.